The summed E-state index contributed by atoms with van der Waals surface area (Å²) in [6, 6.07) is 6.27. The summed E-state index contributed by atoms with van der Waals surface area (Å²) in [5, 5.41) is 0. The second-order valence-corrected chi connectivity index (χ2v) is 7.89. The van der Waals surface area contributed by atoms with Gasteiger partial charge in [-0.3, -0.25) is 9.59 Å². The molecular weight excluding hydrogens is 389 g/mol. The molecule has 2 aliphatic heterocycles. The standard InChI is InChI=1S/C22H26FN3O4/c1-15(27)25-8-6-17(7-9-25)22(28)26-10-11-29-20(14-26)21-24-13-19(30-21)12-16-2-4-18(23)5-3-16/h2-5,13,17,20H,6-12,14H2,1H3/t20-/m1/s1. The number of hydrogen-bond donors (Lipinski definition) is 0. The van der Waals surface area contributed by atoms with Crippen molar-refractivity contribution in [3.05, 3.63) is 53.5 Å². The largest absolute Gasteiger partial charge is 0.442 e. The molecule has 2 aromatic rings. The van der Waals surface area contributed by atoms with Crippen molar-refractivity contribution in [2.45, 2.75) is 32.3 Å². The molecule has 4 rings (SSSR count). The van der Waals surface area contributed by atoms with E-state index in [9.17, 15) is 14.0 Å². The Bertz CT molecular complexity index is 890. The molecule has 2 saturated heterocycles. The van der Waals surface area contributed by atoms with Gasteiger partial charge < -0.3 is 19.0 Å². The zero-order chi connectivity index (χ0) is 21.1. The van der Waals surface area contributed by atoms with Crippen molar-refractivity contribution in [3.63, 3.8) is 0 Å². The zero-order valence-electron chi connectivity index (χ0n) is 17.1. The lowest BCUT2D eigenvalue weighted by Gasteiger charge is -2.36. The summed E-state index contributed by atoms with van der Waals surface area (Å²) in [5.41, 5.74) is 0.928. The van der Waals surface area contributed by atoms with Gasteiger partial charge in [0.15, 0.2) is 6.10 Å². The molecule has 2 amide bonds. The molecule has 0 saturated carbocycles. The molecule has 0 unspecified atom stereocenters. The number of benzene rings is 1. The molecule has 3 heterocycles. The molecule has 7 nitrogen and oxygen atoms in total. The first-order valence-electron chi connectivity index (χ1n) is 10.3. The monoisotopic (exact) mass is 415 g/mol. The van der Waals surface area contributed by atoms with E-state index in [0.717, 1.165) is 5.56 Å². The highest BCUT2D eigenvalue weighted by Crippen LogP contribution is 2.26. The van der Waals surface area contributed by atoms with Gasteiger partial charge in [0.25, 0.3) is 0 Å². The third-order valence-electron chi connectivity index (χ3n) is 5.81. The summed E-state index contributed by atoms with van der Waals surface area (Å²) in [7, 11) is 0. The fourth-order valence-electron chi connectivity index (χ4n) is 4.06. The number of carbonyl (C=O) groups is 2. The van der Waals surface area contributed by atoms with Crippen LogP contribution in [0.4, 0.5) is 4.39 Å². The van der Waals surface area contributed by atoms with Crippen molar-refractivity contribution in [2.24, 2.45) is 5.92 Å². The third-order valence-corrected chi connectivity index (χ3v) is 5.81. The molecule has 0 radical (unpaired) electrons. The Morgan fingerprint density at radius 2 is 1.87 bits per heavy atom. The van der Waals surface area contributed by atoms with Crippen LogP contribution < -0.4 is 0 Å². The van der Waals surface area contributed by atoms with E-state index >= 15 is 0 Å². The highest BCUT2D eigenvalue weighted by atomic mass is 19.1. The molecule has 0 bridgehead atoms. The minimum absolute atomic E-state index is 0.0575. The number of hydrogen-bond acceptors (Lipinski definition) is 5. The van der Waals surface area contributed by atoms with Crippen molar-refractivity contribution in [1.29, 1.82) is 0 Å². The lowest BCUT2D eigenvalue weighted by molar-refractivity contribution is -0.147. The predicted octanol–water partition coefficient (Wildman–Crippen LogP) is 2.56. The van der Waals surface area contributed by atoms with Gasteiger partial charge in [-0.25, -0.2) is 9.37 Å². The first kappa shape index (κ1) is 20.5. The topological polar surface area (TPSA) is 75.9 Å². The number of morpholine rings is 1. The molecule has 0 spiro atoms. The fraction of sp³-hybridized carbons (Fsp3) is 0.500. The molecule has 0 aliphatic carbocycles. The molecule has 1 aromatic heterocycles. The van der Waals surface area contributed by atoms with E-state index in [2.05, 4.69) is 4.98 Å². The fourth-order valence-corrected chi connectivity index (χ4v) is 4.06. The second-order valence-electron chi connectivity index (χ2n) is 7.89. The number of aromatic nitrogens is 1. The van der Waals surface area contributed by atoms with Gasteiger partial charge >= 0.3 is 0 Å². The van der Waals surface area contributed by atoms with Crippen LogP contribution in [0, 0.1) is 11.7 Å². The maximum Gasteiger partial charge on any atom is 0.226 e. The van der Waals surface area contributed by atoms with E-state index in [-0.39, 0.29) is 23.5 Å². The van der Waals surface area contributed by atoms with Gasteiger partial charge in [0.1, 0.15) is 11.6 Å². The smallest absolute Gasteiger partial charge is 0.226 e. The summed E-state index contributed by atoms with van der Waals surface area (Å²) in [6.45, 7) is 4.21. The summed E-state index contributed by atoms with van der Waals surface area (Å²) < 4.78 is 24.7. The van der Waals surface area contributed by atoms with Crippen molar-refractivity contribution in [3.8, 4) is 0 Å². The Hall–Kier alpha value is -2.74. The molecule has 8 heteroatoms. The van der Waals surface area contributed by atoms with Crippen LogP contribution >= 0.6 is 0 Å². The maximum absolute atomic E-state index is 13.1. The number of oxazole rings is 1. The van der Waals surface area contributed by atoms with E-state index in [1.54, 1.807) is 30.2 Å². The Morgan fingerprint density at radius 3 is 2.57 bits per heavy atom. The molecule has 0 N–H and O–H groups in total. The number of halogens is 1. The number of ether oxygens (including phenoxy) is 1. The molecule has 2 fully saturated rings. The van der Waals surface area contributed by atoms with Gasteiger partial charge in [0.05, 0.1) is 19.3 Å². The quantitative estimate of drug-likeness (QED) is 0.767. The zero-order valence-corrected chi connectivity index (χ0v) is 17.1. The van der Waals surface area contributed by atoms with Gasteiger partial charge in [-0.05, 0) is 30.5 Å². The number of amides is 2. The number of likely N-dealkylation sites (tertiary alicyclic amines) is 1. The Balaban J connectivity index is 1.35. The number of rotatable bonds is 4. The highest BCUT2D eigenvalue weighted by molar-refractivity contribution is 5.80. The number of carbonyl (C=O) groups excluding carboxylic acids is 2. The highest BCUT2D eigenvalue weighted by Gasteiger charge is 2.34. The van der Waals surface area contributed by atoms with Crippen LogP contribution in [0.15, 0.2) is 34.9 Å². The summed E-state index contributed by atoms with van der Waals surface area (Å²) in [4.78, 5) is 32.4. The van der Waals surface area contributed by atoms with E-state index in [0.29, 0.717) is 63.7 Å². The predicted molar refractivity (Wildman–Crippen MR) is 106 cm³/mol. The minimum atomic E-state index is -0.401. The molecule has 30 heavy (non-hydrogen) atoms. The number of nitrogens with zero attached hydrogens (tertiary/aromatic N) is 3. The SMILES string of the molecule is CC(=O)N1CCC(C(=O)N2CCO[C@@H](c3ncc(Cc4ccc(F)cc4)o3)C2)CC1. The maximum atomic E-state index is 13.1. The van der Waals surface area contributed by atoms with Crippen LogP contribution in [0.1, 0.15) is 43.1 Å². The van der Waals surface area contributed by atoms with Crippen molar-refractivity contribution in [1.82, 2.24) is 14.8 Å². The van der Waals surface area contributed by atoms with Gasteiger partial charge in [0, 0.05) is 38.9 Å². The number of piperidine rings is 1. The average molecular weight is 415 g/mol. The Labute approximate surface area is 174 Å². The van der Waals surface area contributed by atoms with Gasteiger partial charge in [-0.1, -0.05) is 12.1 Å². The normalized spacial score (nSPS) is 20.4. The van der Waals surface area contributed by atoms with Crippen LogP contribution in [0.5, 0.6) is 0 Å². The van der Waals surface area contributed by atoms with E-state index in [1.807, 2.05) is 4.90 Å². The summed E-state index contributed by atoms with van der Waals surface area (Å²) in [5.74, 6) is 0.968. The molecule has 2 aliphatic rings. The average Bonchev–Trinajstić information content (AvgIpc) is 3.23. The lowest BCUT2D eigenvalue weighted by atomic mass is 9.95. The molecule has 1 aromatic carbocycles. The van der Waals surface area contributed by atoms with Crippen molar-refractivity contribution < 1.29 is 23.1 Å². The Morgan fingerprint density at radius 1 is 1.13 bits per heavy atom. The lowest BCUT2D eigenvalue weighted by Crippen LogP contribution is -2.48. The summed E-state index contributed by atoms with van der Waals surface area (Å²) >= 11 is 0. The van der Waals surface area contributed by atoms with Crippen LogP contribution in [0.3, 0.4) is 0 Å². The molecule has 160 valence electrons. The van der Waals surface area contributed by atoms with Crippen LogP contribution in [0.25, 0.3) is 0 Å². The van der Waals surface area contributed by atoms with Crippen LogP contribution in [-0.4, -0.2) is 59.4 Å². The van der Waals surface area contributed by atoms with Gasteiger partial charge in [0.2, 0.25) is 17.7 Å². The first-order valence-corrected chi connectivity index (χ1v) is 10.3. The van der Waals surface area contributed by atoms with Crippen LogP contribution in [0.2, 0.25) is 0 Å². The van der Waals surface area contributed by atoms with Crippen molar-refractivity contribution >= 4 is 11.8 Å². The second kappa shape index (κ2) is 8.95. The molecular formula is C22H26FN3O4. The molecule has 1 atom stereocenters. The van der Waals surface area contributed by atoms with Crippen molar-refractivity contribution in [2.75, 3.05) is 32.8 Å². The van der Waals surface area contributed by atoms with E-state index < -0.39 is 6.10 Å². The third kappa shape index (κ3) is 4.70. The first-order chi connectivity index (χ1) is 14.5. The Kier molecular flexibility index (Phi) is 6.13. The van der Waals surface area contributed by atoms with Gasteiger partial charge in [-0.15, -0.1) is 0 Å². The van der Waals surface area contributed by atoms with E-state index in [4.69, 9.17) is 9.15 Å². The summed E-state index contributed by atoms with van der Waals surface area (Å²) in [6.07, 6.45) is 3.15. The van der Waals surface area contributed by atoms with Gasteiger partial charge in [-0.2, -0.15) is 0 Å². The minimum Gasteiger partial charge on any atom is -0.442 e. The van der Waals surface area contributed by atoms with Crippen LogP contribution in [-0.2, 0) is 20.7 Å². The van der Waals surface area contributed by atoms with E-state index in [1.165, 1.54) is 12.1 Å².